The Bertz CT molecular complexity index is 1230. The van der Waals surface area contributed by atoms with E-state index in [0.29, 0.717) is 44.3 Å². The molecule has 142 valence electrons. The van der Waals surface area contributed by atoms with Gasteiger partial charge in [-0.05, 0) is 57.2 Å². The summed E-state index contributed by atoms with van der Waals surface area (Å²) < 4.78 is 15.6. The van der Waals surface area contributed by atoms with Crippen LogP contribution in [-0.4, -0.2) is 31.5 Å². The molecule has 8 heteroatoms. The minimum atomic E-state index is -0.428. The van der Waals surface area contributed by atoms with Crippen molar-refractivity contribution in [3.63, 3.8) is 0 Å². The Kier molecular flexibility index (Phi) is 4.47. The van der Waals surface area contributed by atoms with Crippen LogP contribution in [0.25, 0.3) is 28.1 Å². The molecule has 4 aromatic rings. The highest BCUT2D eigenvalue weighted by atomic mass is 35.5. The molecule has 1 N–H and O–H groups in total. The van der Waals surface area contributed by atoms with Gasteiger partial charge in [-0.15, -0.1) is 10.2 Å². The van der Waals surface area contributed by atoms with Crippen LogP contribution in [0.1, 0.15) is 29.9 Å². The molecule has 0 aliphatic carbocycles. The molecule has 0 aliphatic rings. The van der Waals surface area contributed by atoms with Crippen LogP contribution in [0.4, 0.5) is 4.39 Å². The Morgan fingerprint density at radius 1 is 1.18 bits per heavy atom. The summed E-state index contributed by atoms with van der Waals surface area (Å²) in [6, 6.07) is 9.31. The highest BCUT2D eigenvalue weighted by Gasteiger charge is 2.18. The van der Waals surface area contributed by atoms with Crippen LogP contribution in [0.15, 0.2) is 36.4 Å². The zero-order valence-electron chi connectivity index (χ0n) is 15.5. The first kappa shape index (κ1) is 18.3. The number of aromatic nitrogens is 4. The number of carbonyl (C=O) groups is 1. The fraction of sp³-hybridized carbons (Fsp3) is 0.200. The van der Waals surface area contributed by atoms with Gasteiger partial charge in [0.25, 0.3) is 5.91 Å². The third kappa shape index (κ3) is 3.07. The average molecular weight is 398 g/mol. The summed E-state index contributed by atoms with van der Waals surface area (Å²) in [7, 11) is 0. The number of carbonyl (C=O) groups excluding carboxylic acids is 1. The van der Waals surface area contributed by atoms with Crippen LogP contribution in [0, 0.1) is 12.7 Å². The molecule has 0 saturated carbocycles. The van der Waals surface area contributed by atoms with E-state index in [1.54, 1.807) is 22.6 Å². The van der Waals surface area contributed by atoms with Crippen LogP contribution in [0.5, 0.6) is 0 Å². The fourth-order valence-corrected chi connectivity index (χ4v) is 3.31. The molecule has 0 aliphatic heterocycles. The molecule has 6 nitrogen and oxygen atoms in total. The van der Waals surface area contributed by atoms with Crippen LogP contribution in [0.2, 0.25) is 5.02 Å². The Balaban J connectivity index is 2.02. The van der Waals surface area contributed by atoms with Gasteiger partial charge in [-0.3, -0.25) is 9.20 Å². The molecular formula is C20H17ClFN5O. The molecule has 0 radical (unpaired) electrons. The van der Waals surface area contributed by atoms with Crippen LogP contribution in [-0.2, 0) is 0 Å². The lowest BCUT2D eigenvalue weighted by Gasteiger charge is -2.11. The summed E-state index contributed by atoms with van der Waals surface area (Å²) in [5, 5.41) is 11.7. The number of nitrogens with zero attached hydrogens (tertiary/aromatic N) is 4. The molecule has 2 aromatic heterocycles. The second-order valence-corrected chi connectivity index (χ2v) is 7.24. The van der Waals surface area contributed by atoms with Crippen molar-refractivity contribution < 1.29 is 9.18 Å². The van der Waals surface area contributed by atoms with Crippen LogP contribution in [0.3, 0.4) is 0 Å². The van der Waals surface area contributed by atoms with Crippen molar-refractivity contribution in [3.8, 4) is 11.4 Å². The van der Waals surface area contributed by atoms with E-state index < -0.39 is 5.82 Å². The largest absolute Gasteiger partial charge is 0.350 e. The van der Waals surface area contributed by atoms with Gasteiger partial charge < -0.3 is 5.32 Å². The molecule has 2 aromatic carbocycles. The molecule has 4 rings (SSSR count). The number of amides is 1. The molecule has 0 atom stereocenters. The molecule has 1 amide bonds. The number of nitrogens with one attached hydrogen (secondary N) is 1. The number of halogens is 2. The maximum atomic E-state index is 13.8. The van der Waals surface area contributed by atoms with Gasteiger partial charge in [0, 0.05) is 17.2 Å². The predicted octanol–water partition coefficient (Wildman–Crippen LogP) is 4.18. The van der Waals surface area contributed by atoms with Gasteiger partial charge in [0.2, 0.25) is 0 Å². The minimum absolute atomic E-state index is 0.0101. The molecule has 0 saturated heterocycles. The maximum absolute atomic E-state index is 13.8. The molecule has 0 bridgehead atoms. The Hall–Kier alpha value is -3.06. The third-order valence-corrected chi connectivity index (χ3v) is 4.67. The zero-order chi connectivity index (χ0) is 20.0. The van der Waals surface area contributed by atoms with Crippen molar-refractivity contribution in [1.82, 2.24) is 24.9 Å². The van der Waals surface area contributed by atoms with Gasteiger partial charge in [0.1, 0.15) is 5.82 Å². The van der Waals surface area contributed by atoms with Crippen molar-refractivity contribution >= 4 is 34.2 Å². The summed E-state index contributed by atoms with van der Waals surface area (Å²) >= 11 is 6.29. The minimum Gasteiger partial charge on any atom is -0.350 e. The summed E-state index contributed by atoms with van der Waals surface area (Å²) in [5.41, 5.74) is 3.38. The summed E-state index contributed by atoms with van der Waals surface area (Å²) in [4.78, 5) is 17.0. The first-order chi connectivity index (χ1) is 13.3. The van der Waals surface area contributed by atoms with E-state index in [9.17, 15) is 9.18 Å². The normalized spacial score (nSPS) is 11.5. The summed E-state index contributed by atoms with van der Waals surface area (Å²) in [6.45, 7) is 5.61. The van der Waals surface area contributed by atoms with Gasteiger partial charge in [-0.2, -0.15) is 0 Å². The number of fused-ring (bicyclic) bond motifs is 3. The lowest BCUT2D eigenvalue weighted by Crippen LogP contribution is -2.30. The Labute approximate surface area is 165 Å². The number of rotatable bonds is 3. The summed E-state index contributed by atoms with van der Waals surface area (Å²) in [5.74, 6) is -0.233. The highest BCUT2D eigenvalue weighted by Crippen LogP contribution is 2.30. The van der Waals surface area contributed by atoms with Crippen molar-refractivity contribution in [3.05, 3.63) is 58.5 Å². The quantitative estimate of drug-likeness (QED) is 0.562. The second-order valence-electron chi connectivity index (χ2n) is 6.84. The topological polar surface area (TPSA) is 72.2 Å². The second kappa shape index (κ2) is 6.83. The van der Waals surface area contributed by atoms with E-state index in [1.807, 2.05) is 20.8 Å². The lowest BCUT2D eigenvalue weighted by molar-refractivity contribution is 0.0943. The number of hydrogen-bond donors (Lipinski definition) is 1. The van der Waals surface area contributed by atoms with Gasteiger partial charge >= 0.3 is 0 Å². The van der Waals surface area contributed by atoms with Crippen LogP contribution >= 0.6 is 11.6 Å². The smallest absolute Gasteiger partial charge is 0.251 e. The molecule has 0 fully saturated rings. The van der Waals surface area contributed by atoms with Crippen molar-refractivity contribution in [2.24, 2.45) is 0 Å². The summed E-state index contributed by atoms with van der Waals surface area (Å²) in [6.07, 6.45) is 0. The highest BCUT2D eigenvalue weighted by molar-refractivity contribution is 6.33. The fourth-order valence-electron chi connectivity index (χ4n) is 3.10. The van der Waals surface area contributed by atoms with E-state index in [-0.39, 0.29) is 11.9 Å². The predicted molar refractivity (Wildman–Crippen MR) is 106 cm³/mol. The van der Waals surface area contributed by atoms with Crippen molar-refractivity contribution in [2.45, 2.75) is 26.8 Å². The molecule has 0 spiro atoms. The zero-order valence-corrected chi connectivity index (χ0v) is 16.3. The van der Waals surface area contributed by atoms with Gasteiger partial charge in [0.15, 0.2) is 11.5 Å². The van der Waals surface area contributed by atoms with Gasteiger partial charge in [-0.1, -0.05) is 11.6 Å². The first-order valence-corrected chi connectivity index (χ1v) is 9.14. The molecule has 28 heavy (non-hydrogen) atoms. The van der Waals surface area contributed by atoms with Gasteiger partial charge in [-0.25, -0.2) is 9.37 Å². The first-order valence-electron chi connectivity index (χ1n) is 8.77. The monoisotopic (exact) mass is 397 g/mol. The average Bonchev–Trinajstić information content (AvgIpc) is 3.09. The SMILES string of the molecule is Cc1nc2ccc(C(=O)NC(C)C)cc2n2c(-c3cc(F)ccc3Cl)nnc12. The number of aryl methyl sites for hydroxylation is 1. The molecule has 2 heterocycles. The number of hydrogen-bond acceptors (Lipinski definition) is 4. The molecular weight excluding hydrogens is 381 g/mol. The molecule has 0 unspecified atom stereocenters. The Morgan fingerprint density at radius 2 is 1.96 bits per heavy atom. The Morgan fingerprint density at radius 3 is 2.71 bits per heavy atom. The van der Waals surface area contributed by atoms with E-state index in [4.69, 9.17) is 11.6 Å². The van der Waals surface area contributed by atoms with Crippen LogP contribution < -0.4 is 5.32 Å². The van der Waals surface area contributed by atoms with E-state index in [1.165, 1.54) is 18.2 Å². The van der Waals surface area contributed by atoms with E-state index in [0.717, 1.165) is 0 Å². The van der Waals surface area contributed by atoms with E-state index >= 15 is 0 Å². The van der Waals surface area contributed by atoms with Gasteiger partial charge in [0.05, 0.1) is 21.7 Å². The van der Waals surface area contributed by atoms with E-state index in [2.05, 4.69) is 20.5 Å². The number of benzene rings is 2. The lowest BCUT2D eigenvalue weighted by atomic mass is 10.1. The van der Waals surface area contributed by atoms with Crippen molar-refractivity contribution in [2.75, 3.05) is 0 Å². The van der Waals surface area contributed by atoms with Crippen molar-refractivity contribution in [1.29, 1.82) is 0 Å². The standard InChI is InChI=1S/C20H17ClFN5O/c1-10(2)23-20(28)12-4-7-16-17(8-12)27-18(11(3)24-16)25-26-19(27)14-9-13(22)5-6-15(14)21/h4-10H,1-3H3,(H,23,28). The third-order valence-electron chi connectivity index (χ3n) is 4.34. The maximum Gasteiger partial charge on any atom is 0.251 e.